The first-order chi connectivity index (χ1) is 10.6. The van der Waals surface area contributed by atoms with E-state index in [1.807, 2.05) is 0 Å². The van der Waals surface area contributed by atoms with E-state index >= 15 is 0 Å². The van der Waals surface area contributed by atoms with Crippen LogP contribution in [0.3, 0.4) is 0 Å². The van der Waals surface area contributed by atoms with E-state index in [0.717, 1.165) is 19.3 Å². The number of aryl methyl sites for hydroxylation is 1. The number of methoxy groups -OCH3 is 1. The SMILES string of the molecule is COC1CCCC1C1COCCN1S(=O)(=O)c1ccnn1C. The molecule has 1 aromatic heterocycles. The summed E-state index contributed by atoms with van der Waals surface area (Å²) in [4.78, 5) is 0. The van der Waals surface area contributed by atoms with Gasteiger partial charge < -0.3 is 9.47 Å². The zero-order valence-corrected chi connectivity index (χ0v) is 13.8. The van der Waals surface area contributed by atoms with E-state index < -0.39 is 10.0 Å². The van der Waals surface area contributed by atoms with Crippen LogP contribution in [0, 0.1) is 5.92 Å². The minimum atomic E-state index is -3.57. The molecule has 0 amide bonds. The zero-order chi connectivity index (χ0) is 15.7. The Labute approximate surface area is 131 Å². The highest BCUT2D eigenvalue weighted by Gasteiger charge is 2.44. The van der Waals surface area contributed by atoms with Gasteiger partial charge in [-0.2, -0.15) is 9.40 Å². The van der Waals surface area contributed by atoms with Crippen LogP contribution in [-0.2, 0) is 26.5 Å². The Morgan fingerprint density at radius 3 is 2.91 bits per heavy atom. The largest absolute Gasteiger partial charge is 0.381 e. The minimum Gasteiger partial charge on any atom is -0.381 e. The number of nitrogens with zero attached hydrogens (tertiary/aromatic N) is 3. The molecule has 1 saturated carbocycles. The molecule has 1 aliphatic heterocycles. The molecule has 124 valence electrons. The van der Waals surface area contributed by atoms with Crippen molar-refractivity contribution in [2.75, 3.05) is 26.9 Å². The van der Waals surface area contributed by atoms with Crippen LogP contribution < -0.4 is 0 Å². The number of hydrogen-bond acceptors (Lipinski definition) is 5. The van der Waals surface area contributed by atoms with E-state index in [1.165, 1.54) is 10.9 Å². The van der Waals surface area contributed by atoms with Crippen molar-refractivity contribution in [1.82, 2.24) is 14.1 Å². The molecule has 1 aliphatic carbocycles. The fourth-order valence-electron chi connectivity index (χ4n) is 3.67. The Balaban J connectivity index is 1.91. The van der Waals surface area contributed by atoms with Crippen molar-refractivity contribution in [2.24, 2.45) is 13.0 Å². The number of sulfonamides is 1. The Morgan fingerprint density at radius 2 is 2.23 bits per heavy atom. The van der Waals surface area contributed by atoms with E-state index in [-0.39, 0.29) is 23.1 Å². The Hall–Kier alpha value is -0.960. The Morgan fingerprint density at radius 1 is 1.41 bits per heavy atom. The third-order valence-electron chi connectivity index (χ3n) is 4.76. The lowest BCUT2D eigenvalue weighted by molar-refractivity contribution is -0.0261. The van der Waals surface area contributed by atoms with E-state index in [2.05, 4.69) is 5.10 Å². The number of aromatic nitrogens is 2. The summed E-state index contributed by atoms with van der Waals surface area (Å²) in [5.74, 6) is 0.188. The van der Waals surface area contributed by atoms with Gasteiger partial charge in [-0.15, -0.1) is 0 Å². The van der Waals surface area contributed by atoms with Crippen LogP contribution in [-0.4, -0.2) is 61.5 Å². The number of rotatable bonds is 4. The Kier molecular flexibility index (Phi) is 4.54. The van der Waals surface area contributed by atoms with Crippen molar-refractivity contribution in [3.63, 3.8) is 0 Å². The van der Waals surface area contributed by atoms with E-state index in [0.29, 0.717) is 19.8 Å². The van der Waals surface area contributed by atoms with Gasteiger partial charge >= 0.3 is 0 Å². The highest BCUT2D eigenvalue weighted by atomic mass is 32.2. The van der Waals surface area contributed by atoms with Gasteiger partial charge in [0.1, 0.15) is 0 Å². The molecule has 3 rings (SSSR count). The zero-order valence-electron chi connectivity index (χ0n) is 13.0. The molecule has 7 nitrogen and oxygen atoms in total. The standard InChI is InChI=1S/C14H23N3O4S/c1-16-14(6-7-15-16)22(18,19)17-8-9-21-10-12(17)11-4-3-5-13(11)20-2/h6-7,11-13H,3-5,8-10H2,1-2H3. The van der Waals surface area contributed by atoms with Crippen LogP contribution in [0.5, 0.6) is 0 Å². The van der Waals surface area contributed by atoms with Gasteiger partial charge in [0.15, 0.2) is 5.03 Å². The third-order valence-corrected chi connectivity index (χ3v) is 6.76. The molecular weight excluding hydrogens is 306 g/mol. The van der Waals surface area contributed by atoms with Crippen LogP contribution in [0.1, 0.15) is 19.3 Å². The summed E-state index contributed by atoms with van der Waals surface area (Å²) in [6.45, 7) is 1.24. The molecule has 2 fully saturated rings. The maximum Gasteiger partial charge on any atom is 0.260 e. The fourth-order valence-corrected chi connectivity index (χ4v) is 5.41. The van der Waals surface area contributed by atoms with Gasteiger partial charge in [-0.25, -0.2) is 8.42 Å². The summed E-state index contributed by atoms with van der Waals surface area (Å²) in [5.41, 5.74) is 0. The van der Waals surface area contributed by atoms with E-state index in [4.69, 9.17) is 9.47 Å². The summed E-state index contributed by atoms with van der Waals surface area (Å²) in [5, 5.41) is 4.21. The first kappa shape index (κ1) is 15.9. The van der Waals surface area contributed by atoms with E-state index in [1.54, 1.807) is 24.5 Å². The molecule has 0 spiro atoms. The van der Waals surface area contributed by atoms with Gasteiger partial charge in [-0.3, -0.25) is 4.68 Å². The number of hydrogen-bond donors (Lipinski definition) is 0. The summed E-state index contributed by atoms with van der Waals surface area (Å²) in [7, 11) is -0.220. The highest BCUT2D eigenvalue weighted by molar-refractivity contribution is 7.89. The van der Waals surface area contributed by atoms with Crippen LogP contribution >= 0.6 is 0 Å². The summed E-state index contributed by atoms with van der Waals surface area (Å²) in [6.07, 6.45) is 4.65. The van der Waals surface area contributed by atoms with Crippen molar-refractivity contribution in [3.05, 3.63) is 12.3 Å². The molecule has 0 N–H and O–H groups in total. The van der Waals surface area contributed by atoms with Gasteiger partial charge in [-0.05, 0) is 18.9 Å². The van der Waals surface area contributed by atoms with Crippen molar-refractivity contribution >= 4 is 10.0 Å². The van der Waals surface area contributed by atoms with Gasteiger partial charge in [0.25, 0.3) is 10.0 Å². The van der Waals surface area contributed by atoms with Crippen LogP contribution in [0.25, 0.3) is 0 Å². The summed E-state index contributed by atoms with van der Waals surface area (Å²) < 4.78 is 40.1. The van der Waals surface area contributed by atoms with Crippen LogP contribution in [0.2, 0.25) is 0 Å². The monoisotopic (exact) mass is 329 g/mol. The molecule has 2 aliphatic rings. The summed E-state index contributed by atoms with van der Waals surface area (Å²) >= 11 is 0. The predicted octanol–water partition coefficient (Wildman–Crippen LogP) is 0.625. The molecule has 1 aromatic rings. The molecule has 1 saturated heterocycles. The van der Waals surface area contributed by atoms with Crippen molar-refractivity contribution in [2.45, 2.75) is 36.4 Å². The molecule has 2 heterocycles. The number of morpholine rings is 1. The third kappa shape index (κ3) is 2.68. The predicted molar refractivity (Wildman–Crippen MR) is 79.8 cm³/mol. The average Bonchev–Trinajstić information content (AvgIpc) is 3.15. The van der Waals surface area contributed by atoms with Gasteiger partial charge in [0, 0.05) is 26.6 Å². The smallest absolute Gasteiger partial charge is 0.260 e. The molecule has 0 bridgehead atoms. The van der Waals surface area contributed by atoms with Crippen LogP contribution in [0.15, 0.2) is 17.3 Å². The van der Waals surface area contributed by atoms with Gasteiger partial charge in [0.2, 0.25) is 0 Å². The second-order valence-corrected chi connectivity index (χ2v) is 7.76. The molecule has 3 atom stereocenters. The topological polar surface area (TPSA) is 73.7 Å². The second kappa shape index (κ2) is 6.27. The molecule has 3 unspecified atom stereocenters. The molecule has 0 radical (unpaired) electrons. The normalized spacial score (nSPS) is 30.7. The maximum atomic E-state index is 13.0. The Bertz CT molecular complexity index is 615. The lowest BCUT2D eigenvalue weighted by Gasteiger charge is -2.39. The van der Waals surface area contributed by atoms with Gasteiger partial charge in [-0.1, -0.05) is 6.42 Å². The molecule has 8 heteroatoms. The fraction of sp³-hybridized carbons (Fsp3) is 0.786. The van der Waals surface area contributed by atoms with Crippen molar-refractivity contribution < 1.29 is 17.9 Å². The number of ether oxygens (including phenoxy) is 2. The molecule has 0 aromatic carbocycles. The van der Waals surface area contributed by atoms with Crippen molar-refractivity contribution in [1.29, 1.82) is 0 Å². The second-order valence-electron chi connectivity index (χ2n) is 5.92. The maximum absolute atomic E-state index is 13.0. The van der Waals surface area contributed by atoms with Gasteiger partial charge in [0.05, 0.1) is 31.6 Å². The first-order valence-corrected chi connectivity index (χ1v) is 9.10. The lowest BCUT2D eigenvalue weighted by Crippen LogP contribution is -2.53. The first-order valence-electron chi connectivity index (χ1n) is 7.66. The van der Waals surface area contributed by atoms with Crippen molar-refractivity contribution in [3.8, 4) is 0 Å². The molecular formula is C14H23N3O4S. The highest BCUT2D eigenvalue weighted by Crippen LogP contribution is 2.35. The minimum absolute atomic E-state index is 0.107. The average molecular weight is 329 g/mol. The van der Waals surface area contributed by atoms with E-state index in [9.17, 15) is 8.42 Å². The molecule has 22 heavy (non-hydrogen) atoms. The van der Waals surface area contributed by atoms with Crippen LogP contribution in [0.4, 0.5) is 0 Å². The quantitative estimate of drug-likeness (QED) is 0.810. The lowest BCUT2D eigenvalue weighted by atomic mass is 9.96. The summed E-state index contributed by atoms with van der Waals surface area (Å²) in [6, 6.07) is 1.38.